The minimum absolute atomic E-state index is 0.369. The lowest BCUT2D eigenvalue weighted by Gasteiger charge is -2.22. The lowest BCUT2D eigenvalue weighted by Crippen LogP contribution is -2.18. The SMILES string of the molecule is CCc1cc2c(NCC3CCCCC3)nc(N)nc2s1. The van der Waals surface area contributed by atoms with Gasteiger partial charge in [0, 0.05) is 11.4 Å². The normalized spacial score (nSPS) is 16.6. The van der Waals surface area contributed by atoms with Gasteiger partial charge >= 0.3 is 0 Å². The standard InChI is InChI=1S/C15H22N4S/c1-2-11-8-12-13(18-15(16)19-14(12)20-11)17-9-10-6-4-3-5-7-10/h8,10H,2-7,9H2,1H3,(H3,16,17,18,19). The molecular formula is C15H22N4S. The summed E-state index contributed by atoms with van der Waals surface area (Å²) in [6.45, 7) is 3.17. The van der Waals surface area contributed by atoms with Gasteiger partial charge in [-0.25, -0.2) is 4.98 Å². The predicted molar refractivity (Wildman–Crippen MR) is 86.3 cm³/mol. The summed E-state index contributed by atoms with van der Waals surface area (Å²) >= 11 is 1.72. The minimum atomic E-state index is 0.369. The van der Waals surface area contributed by atoms with Crippen molar-refractivity contribution in [3.05, 3.63) is 10.9 Å². The molecule has 0 spiro atoms. The van der Waals surface area contributed by atoms with Gasteiger partial charge in [0.1, 0.15) is 10.6 Å². The van der Waals surface area contributed by atoms with Crippen molar-refractivity contribution >= 4 is 33.3 Å². The number of fused-ring (bicyclic) bond motifs is 1. The average Bonchev–Trinajstić information content (AvgIpc) is 2.88. The summed E-state index contributed by atoms with van der Waals surface area (Å²) in [5.74, 6) is 2.06. The highest BCUT2D eigenvalue weighted by Crippen LogP contribution is 2.31. The van der Waals surface area contributed by atoms with Crippen LogP contribution < -0.4 is 11.1 Å². The number of nitrogens with two attached hydrogens (primary N) is 1. The van der Waals surface area contributed by atoms with Gasteiger partial charge in [-0.1, -0.05) is 26.2 Å². The van der Waals surface area contributed by atoms with Crippen molar-refractivity contribution in [3.8, 4) is 0 Å². The summed E-state index contributed by atoms with van der Waals surface area (Å²) in [4.78, 5) is 11.1. The van der Waals surface area contributed by atoms with E-state index < -0.39 is 0 Å². The molecule has 2 aromatic heterocycles. The molecule has 3 rings (SSSR count). The van der Waals surface area contributed by atoms with E-state index in [-0.39, 0.29) is 0 Å². The zero-order chi connectivity index (χ0) is 13.9. The van der Waals surface area contributed by atoms with Gasteiger partial charge in [0.05, 0.1) is 5.39 Å². The highest BCUT2D eigenvalue weighted by atomic mass is 32.1. The van der Waals surface area contributed by atoms with E-state index in [1.807, 2.05) is 0 Å². The Morgan fingerprint density at radius 1 is 1.30 bits per heavy atom. The van der Waals surface area contributed by atoms with Crippen LogP contribution in [-0.2, 0) is 6.42 Å². The molecule has 3 N–H and O–H groups in total. The van der Waals surface area contributed by atoms with Gasteiger partial charge in [-0.15, -0.1) is 11.3 Å². The van der Waals surface area contributed by atoms with E-state index in [1.54, 1.807) is 11.3 Å². The Labute approximate surface area is 123 Å². The highest BCUT2D eigenvalue weighted by Gasteiger charge is 2.15. The molecule has 2 aromatic rings. The first-order valence-corrected chi connectivity index (χ1v) is 8.37. The molecule has 1 aliphatic rings. The molecular weight excluding hydrogens is 268 g/mol. The summed E-state index contributed by atoms with van der Waals surface area (Å²) in [6.07, 6.45) is 7.83. The molecule has 0 amide bonds. The van der Waals surface area contributed by atoms with Crippen LogP contribution in [0.5, 0.6) is 0 Å². The fourth-order valence-electron chi connectivity index (χ4n) is 2.93. The van der Waals surface area contributed by atoms with Crippen LogP contribution in [-0.4, -0.2) is 16.5 Å². The zero-order valence-electron chi connectivity index (χ0n) is 12.0. The molecule has 0 aromatic carbocycles. The second-order valence-electron chi connectivity index (χ2n) is 5.60. The number of anilines is 2. The summed E-state index contributed by atoms with van der Waals surface area (Å²) in [5, 5.41) is 4.63. The highest BCUT2D eigenvalue weighted by molar-refractivity contribution is 7.18. The van der Waals surface area contributed by atoms with Crippen LogP contribution in [0.1, 0.15) is 43.9 Å². The molecule has 5 heteroatoms. The van der Waals surface area contributed by atoms with E-state index >= 15 is 0 Å². The molecule has 4 nitrogen and oxygen atoms in total. The molecule has 1 fully saturated rings. The Morgan fingerprint density at radius 3 is 2.85 bits per heavy atom. The van der Waals surface area contributed by atoms with Gasteiger partial charge < -0.3 is 11.1 Å². The maximum absolute atomic E-state index is 5.83. The number of hydrogen-bond donors (Lipinski definition) is 2. The molecule has 108 valence electrons. The monoisotopic (exact) mass is 290 g/mol. The first kappa shape index (κ1) is 13.6. The van der Waals surface area contributed by atoms with E-state index in [2.05, 4.69) is 28.3 Å². The number of aryl methyl sites for hydroxylation is 1. The second kappa shape index (κ2) is 5.95. The van der Waals surface area contributed by atoms with Crippen LogP contribution in [0, 0.1) is 5.92 Å². The zero-order valence-corrected chi connectivity index (χ0v) is 12.8. The number of aromatic nitrogens is 2. The van der Waals surface area contributed by atoms with E-state index in [0.717, 1.165) is 34.9 Å². The molecule has 0 unspecified atom stereocenters. The molecule has 20 heavy (non-hydrogen) atoms. The lowest BCUT2D eigenvalue weighted by molar-refractivity contribution is 0.373. The third kappa shape index (κ3) is 2.87. The van der Waals surface area contributed by atoms with Crippen LogP contribution in [0.25, 0.3) is 10.2 Å². The molecule has 0 aliphatic heterocycles. The van der Waals surface area contributed by atoms with Crippen molar-refractivity contribution in [2.45, 2.75) is 45.4 Å². The number of nitrogens with zero attached hydrogens (tertiary/aromatic N) is 2. The molecule has 1 saturated carbocycles. The maximum atomic E-state index is 5.83. The molecule has 0 saturated heterocycles. The molecule has 1 aliphatic carbocycles. The van der Waals surface area contributed by atoms with Crippen LogP contribution >= 0.6 is 11.3 Å². The molecule has 2 heterocycles. The van der Waals surface area contributed by atoms with Gasteiger partial charge in [-0.05, 0) is 31.2 Å². The van der Waals surface area contributed by atoms with E-state index in [1.165, 1.54) is 37.0 Å². The molecule has 0 atom stereocenters. The van der Waals surface area contributed by atoms with Crippen LogP contribution in [0.2, 0.25) is 0 Å². The molecule has 0 radical (unpaired) electrons. The Kier molecular flexibility index (Phi) is 4.05. The third-order valence-corrected chi connectivity index (χ3v) is 5.27. The Morgan fingerprint density at radius 2 is 2.10 bits per heavy atom. The maximum Gasteiger partial charge on any atom is 0.223 e. The largest absolute Gasteiger partial charge is 0.369 e. The Bertz CT molecular complexity index is 587. The predicted octanol–water partition coefficient (Wildman–Crippen LogP) is 3.83. The van der Waals surface area contributed by atoms with Crippen molar-refractivity contribution in [1.29, 1.82) is 0 Å². The smallest absolute Gasteiger partial charge is 0.223 e. The van der Waals surface area contributed by atoms with Crippen molar-refractivity contribution in [2.24, 2.45) is 5.92 Å². The Hall–Kier alpha value is -1.36. The third-order valence-electron chi connectivity index (χ3n) is 4.09. The van der Waals surface area contributed by atoms with Gasteiger partial charge in [-0.2, -0.15) is 4.98 Å². The first-order valence-electron chi connectivity index (χ1n) is 7.56. The van der Waals surface area contributed by atoms with Gasteiger partial charge in [0.15, 0.2) is 0 Å². The number of nitrogen functional groups attached to an aromatic ring is 1. The van der Waals surface area contributed by atoms with Crippen LogP contribution in [0.15, 0.2) is 6.07 Å². The summed E-state index contributed by atoms with van der Waals surface area (Å²) in [6, 6.07) is 2.20. The topological polar surface area (TPSA) is 63.8 Å². The first-order chi connectivity index (χ1) is 9.76. The summed E-state index contributed by atoms with van der Waals surface area (Å²) in [7, 11) is 0. The van der Waals surface area contributed by atoms with Crippen LogP contribution in [0.4, 0.5) is 11.8 Å². The lowest BCUT2D eigenvalue weighted by atomic mass is 9.89. The van der Waals surface area contributed by atoms with Gasteiger partial charge in [0.25, 0.3) is 0 Å². The summed E-state index contributed by atoms with van der Waals surface area (Å²) in [5.41, 5.74) is 5.83. The number of hydrogen-bond acceptors (Lipinski definition) is 5. The van der Waals surface area contributed by atoms with E-state index in [9.17, 15) is 0 Å². The number of nitrogens with one attached hydrogen (secondary N) is 1. The Balaban J connectivity index is 1.80. The quantitative estimate of drug-likeness (QED) is 0.898. The van der Waals surface area contributed by atoms with Gasteiger partial charge in [0.2, 0.25) is 5.95 Å². The number of rotatable bonds is 4. The average molecular weight is 290 g/mol. The van der Waals surface area contributed by atoms with Crippen molar-refractivity contribution in [3.63, 3.8) is 0 Å². The van der Waals surface area contributed by atoms with Crippen molar-refractivity contribution in [1.82, 2.24) is 9.97 Å². The van der Waals surface area contributed by atoms with E-state index in [0.29, 0.717) is 5.95 Å². The second-order valence-corrected chi connectivity index (χ2v) is 6.72. The van der Waals surface area contributed by atoms with Gasteiger partial charge in [-0.3, -0.25) is 0 Å². The molecule has 0 bridgehead atoms. The minimum Gasteiger partial charge on any atom is -0.369 e. The number of thiophene rings is 1. The fraction of sp³-hybridized carbons (Fsp3) is 0.600. The van der Waals surface area contributed by atoms with E-state index in [4.69, 9.17) is 5.73 Å². The van der Waals surface area contributed by atoms with Crippen molar-refractivity contribution in [2.75, 3.05) is 17.6 Å². The van der Waals surface area contributed by atoms with Crippen molar-refractivity contribution < 1.29 is 0 Å². The van der Waals surface area contributed by atoms with Crippen LogP contribution in [0.3, 0.4) is 0 Å². The summed E-state index contributed by atoms with van der Waals surface area (Å²) < 4.78 is 0. The fourth-order valence-corrected chi connectivity index (χ4v) is 3.90.